The molecule has 478 valence electrons. The van der Waals surface area contributed by atoms with Crippen LogP contribution in [0.15, 0.2) is 307 Å². The fourth-order valence-electron chi connectivity index (χ4n) is 15.3. The number of fused-ring (bicyclic) bond motifs is 8. The number of benzene rings is 14. The minimum absolute atomic E-state index is 0.0677. The smallest absolute Gasteiger partial charge is 0.252 e. The minimum atomic E-state index is -0.962. The number of halogens is 8. The normalized spacial score (nSPS) is 12.9. The third-order valence-corrected chi connectivity index (χ3v) is 20.5. The van der Waals surface area contributed by atoms with Crippen LogP contribution >= 0.6 is 11.8 Å². The predicted molar refractivity (Wildman–Crippen MR) is 390 cm³/mol. The second-order valence-electron chi connectivity index (χ2n) is 24.9. The van der Waals surface area contributed by atoms with Crippen LogP contribution in [0.3, 0.4) is 0 Å². The van der Waals surface area contributed by atoms with Crippen LogP contribution in [0.1, 0.15) is 0 Å². The van der Waals surface area contributed by atoms with E-state index in [1.165, 1.54) is 62.9 Å². The first kappa shape index (κ1) is 60.4. The third-order valence-electron chi connectivity index (χ3n) is 19.4. The van der Waals surface area contributed by atoms with Crippen LogP contribution in [0.4, 0.5) is 120 Å². The maximum absolute atomic E-state index is 17.7. The average Bonchev–Trinajstić information content (AvgIpc) is 0.683. The van der Waals surface area contributed by atoms with Crippen molar-refractivity contribution in [2.75, 3.05) is 24.5 Å². The Kier molecular flexibility index (Phi) is 14.5. The molecular formula is C84H49B2F8N5S. The van der Waals surface area contributed by atoms with E-state index in [1.807, 2.05) is 121 Å². The molecule has 0 N–H and O–H groups in total. The first-order valence-electron chi connectivity index (χ1n) is 32.5. The molecule has 100 heavy (non-hydrogen) atoms. The summed E-state index contributed by atoms with van der Waals surface area (Å²) in [5.41, 5.74) is 10.2. The lowest BCUT2D eigenvalue weighted by Gasteiger charge is -2.46. The van der Waals surface area contributed by atoms with E-state index in [1.54, 1.807) is 59.5 Å². The van der Waals surface area contributed by atoms with Crippen molar-refractivity contribution in [2.24, 2.45) is 0 Å². The molecule has 18 rings (SSSR count). The molecule has 14 aromatic rings. The third kappa shape index (κ3) is 9.56. The summed E-state index contributed by atoms with van der Waals surface area (Å²) >= 11 is 1.39. The van der Waals surface area contributed by atoms with Gasteiger partial charge < -0.3 is 24.5 Å². The SMILES string of the molecule is Fc1cccc(F)c1N(c1ccccc1)c1cc2c3c(c1)N(c1c(F)cccc1F)c1cc4c(cc1B3c1ccccc1N2c1c(F)cccc1F)B1c2ccccc2N(c2c(F)cccc2F)c2cc(N(c3ccc(-c5ccccc5)cc3)c3ccccc3-c3ccccc3)cc(c21)S4. The first-order chi connectivity index (χ1) is 49.0. The van der Waals surface area contributed by atoms with E-state index in [2.05, 4.69) is 53.4 Å². The molecule has 5 nitrogen and oxygen atoms in total. The van der Waals surface area contributed by atoms with Gasteiger partial charge in [-0.1, -0.05) is 193 Å². The summed E-state index contributed by atoms with van der Waals surface area (Å²) in [5.74, 6) is -7.27. The second kappa shape index (κ2) is 23.9. The number of anilines is 15. The van der Waals surface area contributed by atoms with E-state index in [0.717, 1.165) is 81.0 Å². The zero-order valence-electron chi connectivity index (χ0n) is 52.6. The fourth-order valence-corrected chi connectivity index (χ4v) is 16.5. The van der Waals surface area contributed by atoms with Crippen molar-refractivity contribution in [3.05, 3.63) is 344 Å². The van der Waals surface area contributed by atoms with E-state index >= 15 is 35.1 Å². The van der Waals surface area contributed by atoms with Gasteiger partial charge in [-0.3, -0.25) is 0 Å². The Hall–Kier alpha value is -12.0. The quantitative estimate of drug-likeness (QED) is 0.0941. The van der Waals surface area contributed by atoms with Crippen LogP contribution in [-0.2, 0) is 0 Å². The molecular weight excluding hydrogens is 1280 g/mol. The van der Waals surface area contributed by atoms with E-state index in [4.69, 9.17) is 0 Å². The molecule has 4 heterocycles. The van der Waals surface area contributed by atoms with Gasteiger partial charge in [0.25, 0.3) is 6.71 Å². The standard InChI is InChI=1S/C84H49B2F8N5S/c87-62-29-16-30-63(88)81(62)96(53-24-8-3-9-25-53)55-44-74-79-75(45-55)99(84-68(93)35-19-36-69(84)94)73-49-77-61(48-60(73)85(79)58-27-11-14-38-71(58)97(74)82-64(89)31-17-32-65(82)90)86-59-28-12-15-39-72(59)98(83-66(91)33-18-34-67(83)92)76-46-56(47-78(100-77)80(76)86)95(54-42-40-51(41-43-54)50-20-4-1-5-21-50)70-37-13-10-26-57(70)52-22-6-2-7-23-52/h1-49H. The molecule has 0 radical (unpaired) electrons. The Bertz CT molecular complexity index is 5580. The molecule has 0 saturated carbocycles. The fraction of sp³-hybridized carbons (Fsp3) is 0. The molecule has 0 unspecified atom stereocenters. The molecule has 0 atom stereocenters. The maximum Gasteiger partial charge on any atom is 0.252 e. The Labute approximate surface area is 575 Å². The van der Waals surface area contributed by atoms with E-state index in [0.29, 0.717) is 60.1 Å². The lowest BCUT2D eigenvalue weighted by Crippen LogP contribution is -2.64. The molecule has 0 saturated heterocycles. The number of rotatable bonds is 11. The highest BCUT2D eigenvalue weighted by Crippen LogP contribution is 2.54. The van der Waals surface area contributed by atoms with Gasteiger partial charge in [0.2, 0.25) is 6.71 Å². The number of nitrogens with zero attached hydrogens (tertiary/aromatic N) is 5. The van der Waals surface area contributed by atoms with E-state index in [-0.39, 0.29) is 28.4 Å². The summed E-state index contributed by atoms with van der Waals surface area (Å²) in [4.78, 5) is 9.43. The molecule has 0 aliphatic carbocycles. The Morgan fingerprint density at radius 1 is 0.260 bits per heavy atom. The van der Waals surface area contributed by atoms with Crippen molar-refractivity contribution in [3.63, 3.8) is 0 Å². The van der Waals surface area contributed by atoms with Crippen LogP contribution in [0.5, 0.6) is 0 Å². The lowest BCUT2D eigenvalue weighted by molar-refractivity contribution is 0.585. The number of para-hydroxylation sites is 8. The Morgan fingerprint density at radius 2 is 0.670 bits per heavy atom. The van der Waals surface area contributed by atoms with Gasteiger partial charge in [-0.25, -0.2) is 35.1 Å². The van der Waals surface area contributed by atoms with E-state index in [9.17, 15) is 0 Å². The summed E-state index contributed by atoms with van der Waals surface area (Å²) in [6, 6.07) is 85.2. The minimum Gasteiger partial charge on any atom is -0.310 e. The van der Waals surface area contributed by atoms with Gasteiger partial charge >= 0.3 is 0 Å². The van der Waals surface area contributed by atoms with E-state index < -0.39 is 77.0 Å². The van der Waals surface area contributed by atoms with Gasteiger partial charge in [-0.2, -0.15) is 0 Å². The number of hydrogen-bond acceptors (Lipinski definition) is 6. The maximum atomic E-state index is 17.7. The molecule has 4 aliphatic heterocycles. The van der Waals surface area contributed by atoms with Gasteiger partial charge in [-0.15, -0.1) is 0 Å². The first-order valence-corrected chi connectivity index (χ1v) is 33.3. The highest BCUT2D eigenvalue weighted by atomic mass is 32.2. The van der Waals surface area contributed by atoms with Gasteiger partial charge in [0, 0.05) is 66.5 Å². The molecule has 0 bridgehead atoms. The van der Waals surface area contributed by atoms with Crippen LogP contribution in [0, 0.1) is 46.5 Å². The zero-order valence-corrected chi connectivity index (χ0v) is 53.4. The largest absolute Gasteiger partial charge is 0.310 e. The molecule has 0 fully saturated rings. The molecule has 0 amide bonds. The highest BCUT2D eigenvalue weighted by molar-refractivity contribution is 8.00. The summed E-state index contributed by atoms with van der Waals surface area (Å²) in [7, 11) is 0. The Morgan fingerprint density at radius 3 is 1.21 bits per heavy atom. The molecule has 14 aromatic carbocycles. The average molecular weight is 1330 g/mol. The van der Waals surface area contributed by atoms with Gasteiger partial charge in [0.05, 0.1) is 11.4 Å². The predicted octanol–water partition coefficient (Wildman–Crippen LogP) is 19.9. The monoisotopic (exact) mass is 1330 g/mol. The van der Waals surface area contributed by atoms with Crippen molar-refractivity contribution in [1.29, 1.82) is 0 Å². The summed E-state index contributed by atoms with van der Waals surface area (Å²) in [6.07, 6.45) is 0. The summed E-state index contributed by atoms with van der Waals surface area (Å²) < 4.78 is 137. The van der Waals surface area contributed by atoms with Crippen molar-refractivity contribution < 1.29 is 35.1 Å². The van der Waals surface area contributed by atoms with Crippen LogP contribution in [0.2, 0.25) is 0 Å². The number of hydrogen-bond donors (Lipinski definition) is 0. The molecule has 4 aliphatic rings. The molecule has 0 spiro atoms. The molecule has 16 heteroatoms. The highest BCUT2D eigenvalue weighted by Gasteiger charge is 2.49. The van der Waals surface area contributed by atoms with Crippen LogP contribution in [-0.4, -0.2) is 13.4 Å². The second-order valence-corrected chi connectivity index (χ2v) is 26.0. The zero-order chi connectivity index (χ0) is 67.6. The topological polar surface area (TPSA) is 16.2 Å². The van der Waals surface area contributed by atoms with Crippen LogP contribution < -0.4 is 57.3 Å². The summed E-state index contributed by atoms with van der Waals surface area (Å²) in [5, 5.41) is 0. The van der Waals surface area contributed by atoms with Crippen molar-refractivity contribution in [2.45, 2.75) is 9.79 Å². The van der Waals surface area contributed by atoms with Crippen molar-refractivity contribution in [1.82, 2.24) is 0 Å². The molecule has 0 aromatic heterocycles. The van der Waals surface area contributed by atoms with Gasteiger partial charge in [0.15, 0.2) is 0 Å². The van der Waals surface area contributed by atoms with Crippen molar-refractivity contribution in [3.8, 4) is 22.3 Å². The van der Waals surface area contributed by atoms with Crippen molar-refractivity contribution >= 4 is 143 Å². The van der Waals surface area contributed by atoms with Crippen LogP contribution in [0.25, 0.3) is 22.3 Å². The Balaban J connectivity index is 0.933. The summed E-state index contributed by atoms with van der Waals surface area (Å²) in [6.45, 7) is -1.57. The van der Waals surface area contributed by atoms with Gasteiger partial charge in [-0.05, 0) is 165 Å². The lowest BCUT2D eigenvalue weighted by atomic mass is 9.31. The van der Waals surface area contributed by atoms with Gasteiger partial charge in [0.1, 0.15) is 69.3 Å².